The molecule has 0 aliphatic carbocycles. The van der Waals surface area contributed by atoms with Gasteiger partial charge >= 0.3 is 5.97 Å². The fraction of sp³-hybridized carbons (Fsp3) is 0.500. The molecule has 102 valence electrons. The third-order valence-corrected chi connectivity index (χ3v) is 2.98. The summed E-state index contributed by atoms with van der Waals surface area (Å²) < 4.78 is 1.70. The number of carboxylic acids is 1. The van der Waals surface area contributed by atoms with E-state index in [-0.39, 0.29) is 11.0 Å². The highest BCUT2D eigenvalue weighted by Gasteiger charge is 2.15. The normalized spacial score (nSPS) is 11.0. The molecule has 5 nitrogen and oxygen atoms in total. The monoisotopic (exact) mass is 262 g/mol. The molecule has 5 heteroatoms. The Hall–Kier alpha value is -2.09. The number of aromatic nitrogens is 1. The van der Waals surface area contributed by atoms with Crippen molar-refractivity contribution in [2.75, 3.05) is 0 Å². The molecule has 0 saturated heterocycles. The molecular weight excluding hydrogens is 244 g/mol. The van der Waals surface area contributed by atoms with Crippen LogP contribution in [0.2, 0.25) is 0 Å². The lowest BCUT2D eigenvalue weighted by Gasteiger charge is -2.14. The van der Waals surface area contributed by atoms with Crippen molar-refractivity contribution in [2.45, 2.75) is 39.7 Å². The van der Waals surface area contributed by atoms with Gasteiger partial charge in [-0.3, -0.25) is 4.79 Å². The Morgan fingerprint density at radius 2 is 2.16 bits per heavy atom. The van der Waals surface area contributed by atoms with Gasteiger partial charge in [0.2, 0.25) is 0 Å². The quantitative estimate of drug-likeness (QED) is 0.797. The lowest BCUT2D eigenvalue weighted by Crippen LogP contribution is -2.16. The number of unbranched alkanes of at least 4 members (excludes halogenated alkanes) is 1. The second-order valence-corrected chi connectivity index (χ2v) is 5.22. The predicted molar refractivity (Wildman–Crippen MR) is 70.9 cm³/mol. The third kappa shape index (κ3) is 4.59. The summed E-state index contributed by atoms with van der Waals surface area (Å²) in [6.45, 7) is 4.44. The van der Waals surface area contributed by atoms with Gasteiger partial charge in [0.05, 0.1) is 11.5 Å². The molecule has 1 aromatic rings. The van der Waals surface area contributed by atoms with Crippen LogP contribution in [0.5, 0.6) is 0 Å². The van der Waals surface area contributed by atoms with Crippen LogP contribution in [0.25, 0.3) is 0 Å². The third-order valence-electron chi connectivity index (χ3n) is 2.98. The Kier molecular flexibility index (Phi) is 4.87. The Morgan fingerprint density at radius 3 is 2.74 bits per heavy atom. The van der Waals surface area contributed by atoms with Gasteiger partial charge in [0.25, 0.3) is 0 Å². The minimum atomic E-state index is -1.20. The van der Waals surface area contributed by atoms with E-state index in [4.69, 9.17) is 10.4 Å². The average Bonchev–Trinajstić information content (AvgIpc) is 2.36. The van der Waals surface area contributed by atoms with Gasteiger partial charge in [-0.15, -0.1) is 0 Å². The zero-order valence-corrected chi connectivity index (χ0v) is 11.2. The van der Waals surface area contributed by atoms with Crippen molar-refractivity contribution in [1.82, 2.24) is 4.57 Å². The lowest BCUT2D eigenvalue weighted by molar-refractivity contribution is 0.0694. The highest BCUT2D eigenvalue weighted by molar-refractivity contribution is 5.86. The minimum Gasteiger partial charge on any atom is -0.477 e. The van der Waals surface area contributed by atoms with Crippen LogP contribution in [0.4, 0.5) is 0 Å². The number of hydrogen-bond donors (Lipinski definition) is 1. The molecule has 0 amide bonds. The molecule has 1 heterocycles. The first kappa shape index (κ1) is 15.0. The molecule has 1 rings (SSSR count). The summed E-state index contributed by atoms with van der Waals surface area (Å²) in [6, 6.07) is 3.51. The van der Waals surface area contributed by atoms with Crippen LogP contribution in [0, 0.1) is 16.7 Å². The highest BCUT2D eigenvalue weighted by Crippen LogP contribution is 2.21. The van der Waals surface area contributed by atoms with E-state index in [1.54, 1.807) is 10.8 Å². The molecule has 0 atom stereocenters. The van der Waals surface area contributed by atoms with Gasteiger partial charge in [0.1, 0.15) is 5.56 Å². The van der Waals surface area contributed by atoms with Crippen molar-refractivity contribution in [3.63, 3.8) is 0 Å². The van der Waals surface area contributed by atoms with Gasteiger partial charge in [0, 0.05) is 25.0 Å². The van der Waals surface area contributed by atoms with Crippen LogP contribution in [-0.2, 0) is 6.54 Å². The van der Waals surface area contributed by atoms with Crippen molar-refractivity contribution in [3.05, 3.63) is 34.2 Å². The van der Waals surface area contributed by atoms with Gasteiger partial charge in [0.15, 0.2) is 5.43 Å². The summed E-state index contributed by atoms with van der Waals surface area (Å²) >= 11 is 0. The first-order valence-electron chi connectivity index (χ1n) is 6.20. The summed E-state index contributed by atoms with van der Waals surface area (Å²) in [5, 5.41) is 17.7. The number of carbonyl (C=O) groups is 1. The molecule has 0 saturated carbocycles. The highest BCUT2D eigenvalue weighted by atomic mass is 16.4. The molecule has 0 aliphatic heterocycles. The number of hydrogen-bond acceptors (Lipinski definition) is 3. The number of pyridine rings is 1. The Labute approximate surface area is 112 Å². The van der Waals surface area contributed by atoms with Gasteiger partial charge in [-0.2, -0.15) is 5.26 Å². The second kappa shape index (κ2) is 6.19. The van der Waals surface area contributed by atoms with E-state index in [1.807, 2.05) is 13.8 Å². The van der Waals surface area contributed by atoms with E-state index in [1.165, 1.54) is 12.3 Å². The maximum Gasteiger partial charge on any atom is 0.341 e. The summed E-state index contributed by atoms with van der Waals surface area (Å²) in [7, 11) is 0. The van der Waals surface area contributed by atoms with Crippen LogP contribution >= 0.6 is 0 Å². The summed E-state index contributed by atoms with van der Waals surface area (Å²) in [5.74, 6) is -1.20. The Morgan fingerprint density at radius 1 is 1.47 bits per heavy atom. The fourth-order valence-corrected chi connectivity index (χ4v) is 1.74. The van der Waals surface area contributed by atoms with Crippen LogP contribution < -0.4 is 5.43 Å². The molecule has 0 aromatic carbocycles. The van der Waals surface area contributed by atoms with Gasteiger partial charge in [-0.1, -0.05) is 6.42 Å². The van der Waals surface area contributed by atoms with Crippen LogP contribution in [0.3, 0.4) is 0 Å². The minimum absolute atomic E-state index is 0.208. The molecule has 0 aliphatic rings. The van der Waals surface area contributed by atoms with Crippen molar-refractivity contribution < 1.29 is 9.90 Å². The average molecular weight is 262 g/mol. The topological polar surface area (TPSA) is 83.1 Å². The number of rotatable bonds is 6. The lowest BCUT2D eigenvalue weighted by atomic mass is 9.89. The molecule has 1 N–H and O–H groups in total. The predicted octanol–water partition coefficient (Wildman–Crippen LogP) is 2.27. The summed E-state index contributed by atoms with van der Waals surface area (Å²) in [6.07, 6.45) is 5.47. The van der Waals surface area contributed by atoms with E-state index in [0.717, 1.165) is 19.3 Å². The van der Waals surface area contributed by atoms with E-state index in [9.17, 15) is 9.59 Å². The first-order chi connectivity index (χ1) is 8.85. The molecule has 0 unspecified atom stereocenters. The molecule has 0 bridgehead atoms. The largest absolute Gasteiger partial charge is 0.477 e. The second-order valence-electron chi connectivity index (χ2n) is 5.22. The standard InChI is InChI=1S/C14H18N2O3/c1-14(2,10-15)6-3-4-7-16-8-5-12(17)11(9-16)13(18)19/h5,8-9H,3-4,6-7H2,1-2H3,(H,18,19). The maximum absolute atomic E-state index is 11.3. The number of aryl methyl sites for hydroxylation is 1. The van der Waals surface area contributed by atoms with Crippen molar-refractivity contribution in [3.8, 4) is 6.07 Å². The summed E-state index contributed by atoms with van der Waals surface area (Å²) in [4.78, 5) is 22.1. The summed E-state index contributed by atoms with van der Waals surface area (Å²) in [5.41, 5.74) is -1.01. The van der Waals surface area contributed by atoms with Crippen LogP contribution in [0.15, 0.2) is 23.3 Å². The Bertz CT molecular complexity index is 553. The number of aromatic carboxylic acids is 1. The van der Waals surface area contributed by atoms with Crippen molar-refractivity contribution in [1.29, 1.82) is 5.26 Å². The number of nitriles is 1. The maximum atomic E-state index is 11.3. The van der Waals surface area contributed by atoms with Crippen LogP contribution in [-0.4, -0.2) is 15.6 Å². The van der Waals surface area contributed by atoms with Crippen LogP contribution in [0.1, 0.15) is 43.5 Å². The SMILES string of the molecule is CC(C)(C#N)CCCCn1ccc(=O)c(C(=O)O)c1. The van der Waals surface area contributed by atoms with Gasteiger partial charge in [-0.25, -0.2) is 4.79 Å². The van der Waals surface area contributed by atoms with E-state index >= 15 is 0 Å². The molecule has 0 radical (unpaired) electrons. The zero-order chi connectivity index (χ0) is 14.5. The van der Waals surface area contributed by atoms with Gasteiger partial charge in [-0.05, 0) is 26.7 Å². The van der Waals surface area contributed by atoms with E-state index in [2.05, 4.69) is 6.07 Å². The van der Waals surface area contributed by atoms with E-state index < -0.39 is 11.4 Å². The molecule has 0 fully saturated rings. The van der Waals surface area contributed by atoms with Crippen molar-refractivity contribution in [2.24, 2.45) is 5.41 Å². The van der Waals surface area contributed by atoms with Crippen molar-refractivity contribution >= 4 is 5.97 Å². The van der Waals surface area contributed by atoms with Gasteiger partial charge < -0.3 is 9.67 Å². The molecule has 19 heavy (non-hydrogen) atoms. The zero-order valence-electron chi connectivity index (χ0n) is 11.2. The number of nitrogens with zero attached hydrogens (tertiary/aromatic N) is 2. The first-order valence-corrected chi connectivity index (χ1v) is 6.20. The Balaban J connectivity index is 2.56. The molecule has 0 spiro atoms. The molecular formula is C14H18N2O3. The van der Waals surface area contributed by atoms with E-state index in [0.29, 0.717) is 6.54 Å². The molecule has 1 aromatic heterocycles. The smallest absolute Gasteiger partial charge is 0.341 e. The fourth-order valence-electron chi connectivity index (χ4n) is 1.74. The number of carboxylic acid groups (broad SMARTS) is 1.